The number of thiazole rings is 1. The van der Waals surface area contributed by atoms with Crippen LogP contribution in [0.5, 0.6) is 5.75 Å². The maximum absolute atomic E-state index is 13.2. The number of hydrogen-bond donors (Lipinski definition) is 0. The SMILES string of the molecule is CCC1Oc2ccc(-c3csc(-c4ccccn4)n3)cc2N(Cc2cccc(Cl)c2)C1=O. The number of ether oxygens (including phenoxy) is 1. The Balaban J connectivity index is 1.52. The molecule has 5 rings (SSSR count). The van der Waals surface area contributed by atoms with Crippen LogP contribution in [-0.2, 0) is 11.3 Å². The molecular weight excluding hydrogens is 442 g/mol. The Bertz CT molecular complexity index is 1280. The van der Waals surface area contributed by atoms with Gasteiger partial charge in [-0.25, -0.2) is 4.98 Å². The van der Waals surface area contributed by atoms with E-state index < -0.39 is 6.10 Å². The van der Waals surface area contributed by atoms with Gasteiger partial charge in [-0.1, -0.05) is 36.7 Å². The number of anilines is 1. The first-order valence-electron chi connectivity index (χ1n) is 10.4. The molecule has 5 nitrogen and oxygen atoms in total. The molecule has 2 aromatic carbocycles. The van der Waals surface area contributed by atoms with E-state index in [0.717, 1.165) is 33.2 Å². The number of rotatable bonds is 5. The van der Waals surface area contributed by atoms with Crippen molar-refractivity contribution in [1.29, 1.82) is 0 Å². The van der Waals surface area contributed by atoms with E-state index in [4.69, 9.17) is 21.3 Å². The zero-order valence-electron chi connectivity index (χ0n) is 17.4. The number of carbonyl (C=O) groups excluding carboxylic acids is 1. The van der Waals surface area contributed by atoms with Crippen LogP contribution in [0.4, 0.5) is 5.69 Å². The summed E-state index contributed by atoms with van der Waals surface area (Å²) in [5.41, 5.74) is 4.30. The molecule has 1 unspecified atom stereocenters. The fourth-order valence-corrected chi connectivity index (χ4v) is 4.75. The number of fused-ring (bicyclic) bond motifs is 1. The molecule has 4 aromatic rings. The van der Waals surface area contributed by atoms with Gasteiger partial charge in [-0.05, 0) is 54.4 Å². The zero-order valence-corrected chi connectivity index (χ0v) is 18.9. The third kappa shape index (κ3) is 3.99. The molecule has 0 aliphatic carbocycles. The van der Waals surface area contributed by atoms with E-state index in [2.05, 4.69) is 4.98 Å². The number of aromatic nitrogens is 2. The van der Waals surface area contributed by atoms with Crippen molar-refractivity contribution in [3.63, 3.8) is 0 Å². The molecule has 2 aromatic heterocycles. The highest BCUT2D eigenvalue weighted by Gasteiger charge is 2.33. The lowest BCUT2D eigenvalue weighted by molar-refractivity contribution is -0.126. The number of carbonyl (C=O) groups is 1. The van der Waals surface area contributed by atoms with Gasteiger partial charge < -0.3 is 9.64 Å². The molecule has 3 heterocycles. The molecule has 1 aliphatic heterocycles. The molecule has 0 N–H and O–H groups in total. The van der Waals surface area contributed by atoms with E-state index in [1.54, 1.807) is 22.4 Å². The lowest BCUT2D eigenvalue weighted by Gasteiger charge is -2.34. The van der Waals surface area contributed by atoms with Gasteiger partial charge in [-0.3, -0.25) is 9.78 Å². The Kier molecular flexibility index (Phi) is 5.64. The summed E-state index contributed by atoms with van der Waals surface area (Å²) in [6, 6.07) is 19.2. The predicted molar refractivity (Wildman–Crippen MR) is 128 cm³/mol. The van der Waals surface area contributed by atoms with Gasteiger partial charge in [0.15, 0.2) is 6.10 Å². The van der Waals surface area contributed by atoms with Crippen LogP contribution in [0.1, 0.15) is 18.9 Å². The topological polar surface area (TPSA) is 55.3 Å². The summed E-state index contributed by atoms with van der Waals surface area (Å²) in [5.74, 6) is 0.645. The van der Waals surface area contributed by atoms with Crippen molar-refractivity contribution >= 4 is 34.5 Å². The van der Waals surface area contributed by atoms with Gasteiger partial charge in [0.25, 0.3) is 5.91 Å². The standard InChI is InChI=1S/C25H20ClN3O2S/c1-2-22-25(30)29(14-16-6-5-7-18(26)12-16)21-13-17(9-10-23(21)31-22)20-15-32-24(28-20)19-8-3-4-11-27-19/h3-13,15,22H,2,14H2,1H3. The second kappa shape index (κ2) is 8.73. The second-order valence-corrected chi connectivity index (χ2v) is 8.80. The normalized spacial score (nSPS) is 15.4. The van der Waals surface area contributed by atoms with Gasteiger partial charge >= 0.3 is 0 Å². The maximum Gasteiger partial charge on any atom is 0.268 e. The maximum atomic E-state index is 13.2. The molecule has 32 heavy (non-hydrogen) atoms. The van der Waals surface area contributed by atoms with Gasteiger partial charge in [0.2, 0.25) is 0 Å². The van der Waals surface area contributed by atoms with Crippen molar-refractivity contribution in [2.24, 2.45) is 0 Å². The largest absolute Gasteiger partial charge is 0.478 e. The minimum atomic E-state index is -0.498. The van der Waals surface area contributed by atoms with Crippen molar-refractivity contribution in [1.82, 2.24) is 9.97 Å². The Labute approximate surface area is 195 Å². The quantitative estimate of drug-likeness (QED) is 0.353. The van der Waals surface area contributed by atoms with E-state index in [1.165, 1.54) is 0 Å². The number of halogens is 1. The average Bonchev–Trinajstić information content (AvgIpc) is 3.31. The first-order chi connectivity index (χ1) is 15.6. The van der Waals surface area contributed by atoms with Crippen LogP contribution in [0.15, 0.2) is 72.2 Å². The highest BCUT2D eigenvalue weighted by molar-refractivity contribution is 7.13. The van der Waals surface area contributed by atoms with Crippen LogP contribution in [0.2, 0.25) is 5.02 Å². The number of amides is 1. The van der Waals surface area contributed by atoms with E-state index >= 15 is 0 Å². The van der Waals surface area contributed by atoms with E-state index in [9.17, 15) is 4.79 Å². The van der Waals surface area contributed by atoms with Crippen LogP contribution in [-0.4, -0.2) is 22.0 Å². The van der Waals surface area contributed by atoms with Crippen LogP contribution < -0.4 is 9.64 Å². The summed E-state index contributed by atoms with van der Waals surface area (Å²) >= 11 is 7.72. The Morgan fingerprint density at radius 1 is 1.09 bits per heavy atom. The fraction of sp³-hybridized carbons (Fsp3) is 0.160. The minimum Gasteiger partial charge on any atom is -0.478 e. The smallest absolute Gasteiger partial charge is 0.268 e. The number of nitrogens with zero attached hydrogens (tertiary/aromatic N) is 3. The second-order valence-electron chi connectivity index (χ2n) is 7.50. The van der Waals surface area contributed by atoms with Crippen LogP contribution >= 0.6 is 22.9 Å². The first kappa shape index (κ1) is 20.7. The Morgan fingerprint density at radius 2 is 2.00 bits per heavy atom. The summed E-state index contributed by atoms with van der Waals surface area (Å²) in [6.45, 7) is 2.37. The average molecular weight is 462 g/mol. The summed E-state index contributed by atoms with van der Waals surface area (Å²) in [7, 11) is 0. The van der Waals surface area contributed by atoms with Crippen molar-refractivity contribution < 1.29 is 9.53 Å². The molecule has 1 amide bonds. The van der Waals surface area contributed by atoms with Gasteiger partial charge in [0.1, 0.15) is 10.8 Å². The van der Waals surface area contributed by atoms with Crippen LogP contribution in [0.25, 0.3) is 22.0 Å². The number of pyridine rings is 1. The molecule has 0 fully saturated rings. The molecule has 0 saturated heterocycles. The van der Waals surface area contributed by atoms with E-state index in [1.807, 2.05) is 73.0 Å². The minimum absolute atomic E-state index is 0.0513. The van der Waals surface area contributed by atoms with Gasteiger partial charge in [0.05, 0.1) is 23.6 Å². The van der Waals surface area contributed by atoms with Crippen molar-refractivity contribution in [2.75, 3.05) is 4.90 Å². The van der Waals surface area contributed by atoms with E-state index in [0.29, 0.717) is 23.7 Å². The van der Waals surface area contributed by atoms with Crippen molar-refractivity contribution in [3.8, 4) is 27.7 Å². The van der Waals surface area contributed by atoms with E-state index in [-0.39, 0.29) is 5.91 Å². The molecule has 160 valence electrons. The summed E-state index contributed by atoms with van der Waals surface area (Å²) in [5, 5.41) is 3.51. The highest BCUT2D eigenvalue weighted by Crippen LogP contribution is 2.39. The molecule has 1 aliphatic rings. The Morgan fingerprint density at radius 3 is 2.78 bits per heavy atom. The van der Waals surface area contributed by atoms with Crippen molar-refractivity contribution in [3.05, 3.63) is 82.8 Å². The van der Waals surface area contributed by atoms with Crippen molar-refractivity contribution in [2.45, 2.75) is 26.0 Å². The molecule has 0 bridgehead atoms. The fourth-order valence-electron chi connectivity index (χ4n) is 3.74. The third-order valence-electron chi connectivity index (χ3n) is 5.34. The molecule has 7 heteroatoms. The summed E-state index contributed by atoms with van der Waals surface area (Å²) in [6.07, 6.45) is 1.87. The van der Waals surface area contributed by atoms with Crippen LogP contribution in [0, 0.1) is 0 Å². The molecule has 0 radical (unpaired) electrons. The van der Waals surface area contributed by atoms with Crippen LogP contribution in [0.3, 0.4) is 0 Å². The lowest BCUT2D eigenvalue weighted by Crippen LogP contribution is -2.45. The number of benzene rings is 2. The molecular formula is C25H20ClN3O2S. The predicted octanol–water partition coefficient (Wildman–Crippen LogP) is 6.23. The lowest BCUT2D eigenvalue weighted by atomic mass is 10.1. The molecule has 0 saturated carbocycles. The number of hydrogen-bond acceptors (Lipinski definition) is 5. The van der Waals surface area contributed by atoms with Gasteiger partial charge in [-0.2, -0.15) is 0 Å². The summed E-state index contributed by atoms with van der Waals surface area (Å²) in [4.78, 5) is 24.1. The Hall–Kier alpha value is -3.22. The zero-order chi connectivity index (χ0) is 22.1. The summed E-state index contributed by atoms with van der Waals surface area (Å²) < 4.78 is 6.01. The first-order valence-corrected chi connectivity index (χ1v) is 11.6. The van der Waals surface area contributed by atoms with Gasteiger partial charge in [-0.15, -0.1) is 11.3 Å². The monoisotopic (exact) mass is 461 g/mol. The third-order valence-corrected chi connectivity index (χ3v) is 6.44. The molecule has 0 spiro atoms. The molecule has 1 atom stereocenters. The highest BCUT2D eigenvalue weighted by atomic mass is 35.5. The van der Waals surface area contributed by atoms with Gasteiger partial charge in [0, 0.05) is 22.2 Å².